The van der Waals surface area contributed by atoms with E-state index < -0.39 is 5.97 Å². The summed E-state index contributed by atoms with van der Waals surface area (Å²) in [6.45, 7) is 3.95. The van der Waals surface area contributed by atoms with E-state index in [1.165, 1.54) is 0 Å². The van der Waals surface area contributed by atoms with E-state index in [4.69, 9.17) is 0 Å². The smallest absolute Gasteiger partial charge is 0.315 e. The summed E-state index contributed by atoms with van der Waals surface area (Å²) in [7, 11) is 0. The number of carboxylic acid groups (broad SMARTS) is 1. The van der Waals surface area contributed by atoms with Crippen molar-refractivity contribution in [3.63, 3.8) is 0 Å². The number of imidazole rings is 1. The topological polar surface area (TPSA) is 48.9 Å². The molecule has 0 saturated heterocycles. The summed E-state index contributed by atoms with van der Waals surface area (Å²) < 4.78 is 3.26. The molecule has 0 saturated carbocycles. The molecule has 0 aliphatic heterocycles. The van der Waals surface area contributed by atoms with E-state index >= 15 is 0 Å². The molecule has 3 rings (SSSR count). The van der Waals surface area contributed by atoms with E-state index in [1.807, 2.05) is 62.4 Å². The lowest BCUT2D eigenvalue weighted by molar-refractivity contribution is -0.600. The van der Waals surface area contributed by atoms with Crippen molar-refractivity contribution in [2.45, 2.75) is 13.8 Å². The lowest BCUT2D eigenvalue weighted by Crippen LogP contribution is -2.42. The number of nitrogens with zero attached hydrogens (tertiary/aromatic N) is 2. The second-order valence-corrected chi connectivity index (χ2v) is 5.33. The van der Waals surface area contributed by atoms with Crippen LogP contribution in [0.3, 0.4) is 0 Å². The minimum absolute atomic E-state index is 0.0937. The number of carbonyl (C=O) groups excluding carboxylic acids is 1. The minimum atomic E-state index is -1.21. The van der Waals surface area contributed by atoms with Gasteiger partial charge in [-0.1, -0.05) is 24.3 Å². The van der Waals surface area contributed by atoms with Crippen molar-refractivity contribution in [1.82, 2.24) is 4.57 Å². The number of aromatic nitrogens is 2. The van der Waals surface area contributed by atoms with Gasteiger partial charge in [0.2, 0.25) is 0 Å². The van der Waals surface area contributed by atoms with Crippen LogP contribution in [0.2, 0.25) is 0 Å². The van der Waals surface area contributed by atoms with Gasteiger partial charge in [-0.05, 0) is 49.2 Å². The molecular formula is C18H16N2O2. The van der Waals surface area contributed by atoms with Gasteiger partial charge >= 0.3 is 5.82 Å². The number of aryl methyl sites for hydroxylation is 2. The fraction of sp³-hybridized carbons (Fsp3) is 0.111. The average Bonchev–Trinajstić information content (AvgIpc) is 2.92. The summed E-state index contributed by atoms with van der Waals surface area (Å²) in [6.07, 6.45) is 3.48. The van der Waals surface area contributed by atoms with Crippen LogP contribution in [0.1, 0.15) is 21.7 Å². The fourth-order valence-corrected chi connectivity index (χ4v) is 2.56. The maximum atomic E-state index is 11.7. The molecule has 3 aromatic rings. The number of carboxylic acids is 1. The van der Waals surface area contributed by atoms with Crippen LogP contribution in [-0.4, -0.2) is 10.5 Å². The van der Waals surface area contributed by atoms with Crippen LogP contribution in [0, 0.1) is 13.8 Å². The Morgan fingerprint density at radius 1 is 1.05 bits per heavy atom. The Morgan fingerprint density at radius 2 is 1.73 bits per heavy atom. The average molecular weight is 292 g/mol. The van der Waals surface area contributed by atoms with Gasteiger partial charge in [0.05, 0.1) is 0 Å². The van der Waals surface area contributed by atoms with Crippen molar-refractivity contribution in [1.29, 1.82) is 0 Å². The molecule has 0 bridgehead atoms. The number of rotatable bonds is 3. The SMILES string of the molecule is Cc1cccc(-n2cc[n+](-c3cccc(C)c3)c2C(=O)[O-])c1. The van der Waals surface area contributed by atoms with Gasteiger partial charge in [0.25, 0.3) is 0 Å². The van der Waals surface area contributed by atoms with Gasteiger partial charge in [-0.3, -0.25) is 0 Å². The Kier molecular flexibility index (Phi) is 3.51. The Morgan fingerprint density at radius 3 is 2.36 bits per heavy atom. The molecule has 0 amide bonds. The normalized spacial score (nSPS) is 10.6. The van der Waals surface area contributed by atoms with Gasteiger partial charge < -0.3 is 9.90 Å². The van der Waals surface area contributed by atoms with Gasteiger partial charge in [-0.15, -0.1) is 0 Å². The Bertz CT molecular complexity index is 787. The molecule has 0 fully saturated rings. The molecule has 1 aromatic heterocycles. The lowest BCUT2D eigenvalue weighted by atomic mass is 10.2. The van der Waals surface area contributed by atoms with Crippen LogP contribution >= 0.6 is 0 Å². The van der Waals surface area contributed by atoms with Crippen molar-refractivity contribution in [3.05, 3.63) is 77.9 Å². The highest BCUT2D eigenvalue weighted by Crippen LogP contribution is 2.13. The van der Waals surface area contributed by atoms with E-state index in [2.05, 4.69) is 0 Å². The van der Waals surface area contributed by atoms with Crippen LogP contribution in [0.5, 0.6) is 0 Å². The number of carbonyl (C=O) groups is 1. The van der Waals surface area contributed by atoms with Gasteiger partial charge in [0.15, 0.2) is 5.97 Å². The zero-order chi connectivity index (χ0) is 15.7. The zero-order valence-corrected chi connectivity index (χ0v) is 12.5. The summed E-state index contributed by atoms with van der Waals surface area (Å²) in [4.78, 5) is 11.7. The molecular weight excluding hydrogens is 276 g/mol. The van der Waals surface area contributed by atoms with Gasteiger partial charge in [0.1, 0.15) is 23.8 Å². The van der Waals surface area contributed by atoms with Crippen molar-refractivity contribution in [3.8, 4) is 11.4 Å². The number of hydrogen-bond donors (Lipinski definition) is 0. The fourth-order valence-electron chi connectivity index (χ4n) is 2.56. The Balaban J connectivity index is 2.20. The first-order chi connectivity index (χ1) is 10.6. The Labute approximate surface area is 128 Å². The predicted molar refractivity (Wildman–Crippen MR) is 81.1 cm³/mol. The second kappa shape index (κ2) is 5.48. The third-order valence-corrected chi connectivity index (χ3v) is 3.56. The van der Waals surface area contributed by atoms with Gasteiger partial charge in [0, 0.05) is 0 Å². The first kappa shape index (κ1) is 14.1. The summed E-state index contributed by atoms with van der Waals surface area (Å²) >= 11 is 0. The van der Waals surface area contributed by atoms with E-state index in [-0.39, 0.29) is 5.82 Å². The molecule has 0 N–H and O–H groups in total. The summed E-state index contributed by atoms with van der Waals surface area (Å²) in [5, 5.41) is 11.7. The van der Waals surface area contributed by atoms with Crippen LogP contribution in [-0.2, 0) is 0 Å². The van der Waals surface area contributed by atoms with Crippen molar-refractivity contribution in [2.75, 3.05) is 0 Å². The Hall–Kier alpha value is -2.88. The van der Waals surface area contributed by atoms with Crippen molar-refractivity contribution >= 4 is 5.97 Å². The third-order valence-electron chi connectivity index (χ3n) is 3.56. The van der Waals surface area contributed by atoms with Gasteiger partial charge in [-0.2, -0.15) is 9.13 Å². The molecule has 0 aliphatic carbocycles. The molecule has 1 heterocycles. The van der Waals surface area contributed by atoms with Crippen LogP contribution in [0.15, 0.2) is 60.9 Å². The molecule has 0 unspecified atom stereocenters. The number of hydrogen-bond acceptors (Lipinski definition) is 2. The largest absolute Gasteiger partial charge is 0.538 e. The minimum Gasteiger partial charge on any atom is -0.538 e. The summed E-state index contributed by atoms with van der Waals surface area (Å²) in [5.74, 6) is -1.12. The first-order valence-electron chi connectivity index (χ1n) is 7.05. The molecule has 4 heteroatoms. The highest BCUT2D eigenvalue weighted by molar-refractivity contribution is 5.81. The van der Waals surface area contributed by atoms with E-state index in [0.29, 0.717) is 0 Å². The number of aromatic carboxylic acids is 1. The lowest BCUT2D eigenvalue weighted by Gasteiger charge is -2.06. The van der Waals surface area contributed by atoms with Gasteiger partial charge in [-0.25, -0.2) is 0 Å². The maximum Gasteiger partial charge on any atom is 0.315 e. The quantitative estimate of drug-likeness (QED) is 0.690. The molecule has 4 nitrogen and oxygen atoms in total. The van der Waals surface area contributed by atoms with E-state index in [1.54, 1.807) is 21.5 Å². The highest BCUT2D eigenvalue weighted by Gasteiger charge is 2.21. The summed E-state index contributed by atoms with van der Waals surface area (Å²) in [6, 6.07) is 15.4. The molecule has 2 aromatic carbocycles. The maximum absolute atomic E-state index is 11.7. The van der Waals surface area contributed by atoms with Crippen molar-refractivity contribution in [2.24, 2.45) is 0 Å². The van der Waals surface area contributed by atoms with Crippen molar-refractivity contribution < 1.29 is 14.5 Å². The molecule has 22 heavy (non-hydrogen) atoms. The predicted octanol–water partition coefficient (Wildman–Crippen LogP) is 1.73. The summed E-state index contributed by atoms with van der Waals surface area (Å²) in [5.41, 5.74) is 3.73. The molecule has 110 valence electrons. The van der Waals surface area contributed by atoms with Crippen LogP contribution in [0.25, 0.3) is 11.4 Å². The monoisotopic (exact) mass is 292 g/mol. The van der Waals surface area contributed by atoms with Crippen LogP contribution < -0.4 is 9.67 Å². The first-order valence-corrected chi connectivity index (χ1v) is 7.05. The number of benzene rings is 2. The van der Waals surface area contributed by atoms with E-state index in [9.17, 15) is 9.90 Å². The third kappa shape index (κ3) is 2.51. The molecule has 0 spiro atoms. The standard InChI is InChI=1S/C18H16N2O2/c1-13-5-3-7-15(11-13)19-9-10-20(17(19)18(21)22)16-8-4-6-14(2)12-16/h3-12H,1-2H3. The molecule has 0 radical (unpaired) electrons. The zero-order valence-electron chi connectivity index (χ0n) is 12.5. The van der Waals surface area contributed by atoms with E-state index in [0.717, 1.165) is 22.5 Å². The molecule has 0 atom stereocenters. The second-order valence-electron chi connectivity index (χ2n) is 5.33. The van der Waals surface area contributed by atoms with Crippen LogP contribution in [0.4, 0.5) is 0 Å². The highest BCUT2D eigenvalue weighted by atomic mass is 16.4. The molecule has 0 aliphatic rings.